The lowest BCUT2D eigenvalue weighted by molar-refractivity contribution is 0.0242. The number of allylic oxidation sites excluding steroid dienone is 1. The highest BCUT2D eigenvalue weighted by Gasteiger charge is 2.13. The molecule has 3 aromatic rings. The normalized spacial score (nSPS) is 16.0. The smallest absolute Gasteiger partial charge is 0.195 e. The van der Waals surface area contributed by atoms with Crippen LogP contribution in [0.3, 0.4) is 0 Å². The van der Waals surface area contributed by atoms with E-state index >= 15 is 0 Å². The molecule has 2 aromatic heterocycles. The van der Waals surface area contributed by atoms with E-state index < -0.39 is 0 Å². The number of benzene rings is 1. The van der Waals surface area contributed by atoms with Gasteiger partial charge in [-0.15, -0.1) is 11.3 Å². The topological polar surface area (TPSA) is 34.5 Å². The third-order valence-corrected chi connectivity index (χ3v) is 5.34. The quantitative estimate of drug-likeness (QED) is 0.516. The molecule has 25 heavy (non-hydrogen) atoms. The van der Waals surface area contributed by atoms with Crippen LogP contribution in [-0.4, -0.2) is 41.6 Å². The van der Waals surface area contributed by atoms with Crippen molar-refractivity contribution in [2.24, 2.45) is 0 Å². The van der Waals surface area contributed by atoms with Gasteiger partial charge in [0, 0.05) is 35.8 Å². The summed E-state index contributed by atoms with van der Waals surface area (Å²) in [5.74, 6) is 0.0556. The Bertz CT molecular complexity index is 890. The van der Waals surface area contributed by atoms with Crippen molar-refractivity contribution in [1.82, 2.24) is 9.47 Å². The van der Waals surface area contributed by atoms with E-state index in [2.05, 4.69) is 33.9 Å². The number of nitrogens with zero attached hydrogens (tertiary/aromatic N) is 2. The molecule has 1 fully saturated rings. The van der Waals surface area contributed by atoms with E-state index in [1.54, 1.807) is 6.08 Å². The van der Waals surface area contributed by atoms with Crippen molar-refractivity contribution in [3.63, 3.8) is 0 Å². The monoisotopic (exact) mass is 352 g/mol. The van der Waals surface area contributed by atoms with Crippen molar-refractivity contribution in [3.05, 3.63) is 64.5 Å². The molecule has 0 amide bonds. The van der Waals surface area contributed by atoms with Gasteiger partial charge in [0.25, 0.3) is 0 Å². The first-order valence-electron chi connectivity index (χ1n) is 8.45. The number of rotatable bonds is 5. The van der Waals surface area contributed by atoms with Crippen LogP contribution in [0.4, 0.5) is 0 Å². The molecule has 0 unspecified atom stereocenters. The summed E-state index contributed by atoms with van der Waals surface area (Å²) < 4.78 is 7.69. The number of ketones is 1. The predicted molar refractivity (Wildman–Crippen MR) is 102 cm³/mol. The molecular formula is C20H20N2O2S. The Morgan fingerprint density at radius 3 is 2.80 bits per heavy atom. The van der Waals surface area contributed by atoms with Gasteiger partial charge in [0.15, 0.2) is 5.78 Å². The largest absolute Gasteiger partial charge is 0.379 e. The fraction of sp³-hybridized carbons (Fsp3) is 0.250. The van der Waals surface area contributed by atoms with Crippen molar-refractivity contribution in [2.45, 2.75) is 6.67 Å². The number of ether oxygens (including phenoxy) is 1. The fourth-order valence-electron chi connectivity index (χ4n) is 3.15. The summed E-state index contributed by atoms with van der Waals surface area (Å²) in [4.78, 5) is 15.4. The van der Waals surface area contributed by atoms with Gasteiger partial charge in [-0.25, -0.2) is 0 Å². The lowest BCUT2D eigenvalue weighted by atomic mass is 10.1. The van der Waals surface area contributed by atoms with Crippen molar-refractivity contribution in [3.8, 4) is 0 Å². The molecular weight excluding hydrogens is 332 g/mol. The van der Waals surface area contributed by atoms with Crippen molar-refractivity contribution < 1.29 is 9.53 Å². The Morgan fingerprint density at radius 1 is 1.16 bits per heavy atom. The summed E-state index contributed by atoms with van der Waals surface area (Å²) in [7, 11) is 0. The molecule has 1 aliphatic heterocycles. The van der Waals surface area contributed by atoms with Crippen LogP contribution in [0, 0.1) is 0 Å². The molecule has 5 heteroatoms. The third-order valence-electron chi connectivity index (χ3n) is 4.45. The fourth-order valence-corrected chi connectivity index (χ4v) is 3.79. The number of thiophene rings is 1. The van der Waals surface area contributed by atoms with E-state index in [9.17, 15) is 4.79 Å². The molecule has 1 aliphatic rings. The summed E-state index contributed by atoms with van der Waals surface area (Å²) in [5.41, 5.74) is 2.27. The Kier molecular flexibility index (Phi) is 4.78. The van der Waals surface area contributed by atoms with Crippen LogP contribution in [0.15, 0.2) is 54.1 Å². The zero-order valence-electron chi connectivity index (χ0n) is 13.9. The number of morpholine rings is 1. The predicted octanol–water partition coefficient (Wildman–Crippen LogP) is 3.89. The highest BCUT2D eigenvalue weighted by molar-refractivity contribution is 7.12. The standard InChI is InChI=1S/C20H20N2O2S/c23-19(20-6-3-13-25-20)8-7-16-14-22(15-21-9-11-24-12-10-21)18-5-2-1-4-17(16)18/h1-8,13-14H,9-12,15H2/b8-7+. The van der Waals surface area contributed by atoms with Crippen LogP contribution in [0.25, 0.3) is 17.0 Å². The van der Waals surface area contributed by atoms with Gasteiger partial charge in [-0.2, -0.15) is 0 Å². The second-order valence-corrected chi connectivity index (χ2v) is 7.07. The summed E-state index contributed by atoms with van der Waals surface area (Å²) in [6.07, 6.45) is 5.74. The van der Waals surface area contributed by atoms with Gasteiger partial charge in [-0.05, 0) is 29.7 Å². The first kappa shape index (κ1) is 16.3. The average molecular weight is 352 g/mol. The Morgan fingerprint density at radius 2 is 2.00 bits per heavy atom. The van der Waals surface area contributed by atoms with Crippen LogP contribution in [-0.2, 0) is 11.4 Å². The molecule has 128 valence electrons. The summed E-state index contributed by atoms with van der Waals surface area (Å²) >= 11 is 1.47. The molecule has 0 aliphatic carbocycles. The Balaban J connectivity index is 1.61. The number of hydrogen-bond acceptors (Lipinski definition) is 4. The second kappa shape index (κ2) is 7.35. The first-order chi connectivity index (χ1) is 12.3. The first-order valence-corrected chi connectivity index (χ1v) is 9.33. The maximum Gasteiger partial charge on any atom is 0.195 e. The van der Waals surface area contributed by atoms with E-state index in [0.29, 0.717) is 0 Å². The van der Waals surface area contributed by atoms with E-state index in [-0.39, 0.29) is 5.78 Å². The van der Waals surface area contributed by atoms with Crippen LogP contribution in [0.1, 0.15) is 15.2 Å². The average Bonchev–Trinajstić information content (AvgIpc) is 3.30. The molecule has 0 radical (unpaired) electrons. The third kappa shape index (κ3) is 3.58. The number of hydrogen-bond donors (Lipinski definition) is 0. The molecule has 3 heterocycles. The van der Waals surface area contributed by atoms with Crippen molar-refractivity contribution in [2.75, 3.05) is 26.3 Å². The Hall–Kier alpha value is -2.21. The van der Waals surface area contributed by atoms with Gasteiger partial charge in [-0.3, -0.25) is 9.69 Å². The molecule has 4 rings (SSSR count). The molecule has 1 saturated heterocycles. The highest BCUT2D eigenvalue weighted by Crippen LogP contribution is 2.23. The molecule has 4 nitrogen and oxygen atoms in total. The van der Waals surface area contributed by atoms with E-state index in [1.165, 1.54) is 22.2 Å². The zero-order valence-corrected chi connectivity index (χ0v) is 14.7. The summed E-state index contributed by atoms with van der Waals surface area (Å²) in [6, 6.07) is 12.1. The number of aromatic nitrogens is 1. The minimum absolute atomic E-state index is 0.0556. The number of carbonyl (C=O) groups is 1. The van der Waals surface area contributed by atoms with Crippen molar-refractivity contribution >= 4 is 34.1 Å². The van der Waals surface area contributed by atoms with Crippen LogP contribution in [0.5, 0.6) is 0 Å². The van der Waals surface area contributed by atoms with Gasteiger partial charge in [-0.1, -0.05) is 24.3 Å². The molecule has 0 spiro atoms. The summed E-state index contributed by atoms with van der Waals surface area (Å²) in [6.45, 7) is 4.34. The molecule has 1 aromatic carbocycles. The Labute approximate surface area is 150 Å². The van der Waals surface area contributed by atoms with Gasteiger partial charge in [0.05, 0.1) is 24.8 Å². The van der Waals surface area contributed by atoms with Crippen LogP contribution >= 0.6 is 11.3 Å². The maximum absolute atomic E-state index is 12.2. The molecule has 0 N–H and O–H groups in total. The molecule has 0 saturated carbocycles. The number of para-hydroxylation sites is 1. The lowest BCUT2D eigenvalue weighted by Gasteiger charge is -2.27. The van der Waals surface area contributed by atoms with Crippen LogP contribution in [0.2, 0.25) is 0 Å². The number of fused-ring (bicyclic) bond motifs is 1. The number of carbonyl (C=O) groups excluding carboxylic acids is 1. The van der Waals surface area contributed by atoms with E-state index in [1.807, 2.05) is 29.7 Å². The van der Waals surface area contributed by atoms with Crippen molar-refractivity contribution in [1.29, 1.82) is 0 Å². The van der Waals surface area contributed by atoms with E-state index in [0.717, 1.165) is 43.4 Å². The van der Waals surface area contributed by atoms with Gasteiger partial charge >= 0.3 is 0 Å². The SMILES string of the molecule is O=C(/C=C/c1cn(CN2CCOCC2)c2ccccc12)c1cccs1. The second-order valence-electron chi connectivity index (χ2n) is 6.12. The molecule has 0 bridgehead atoms. The summed E-state index contributed by atoms with van der Waals surface area (Å²) in [5, 5.41) is 3.10. The highest BCUT2D eigenvalue weighted by atomic mass is 32.1. The maximum atomic E-state index is 12.2. The van der Waals surface area contributed by atoms with Gasteiger partial charge in [0.1, 0.15) is 0 Å². The van der Waals surface area contributed by atoms with E-state index in [4.69, 9.17) is 4.74 Å². The van der Waals surface area contributed by atoms with Gasteiger partial charge < -0.3 is 9.30 Å². The molecule has 0 atom stereocenters. The lowest BCUT2D eigenvalue weighted by Crippen LogP contribution is -2.37. The minimum atomic E-state index is 0.0556. The van der Waals surface area contributed by atoms with Gasteiger partial charge in [0.2, 0.25) is 0 Å². The minimum Gasteiger partial charge on any atom is -0.379 e. The zero-order chi connectivity index (χ0) is 17.1. The van der Waals surface area contributed by atoms with Crippen LogP contribution < -0.4 is 0 Å².